The highest BCUT2D eigenvalue weighted by Gasteiger charge is 2.20. The number of anilines is 1. The summed E-state index contributed by atoms with van der Waals surface area (Å²) in [6.07, 6.45) is 0. The van der Waals surface area contributed by atoms with Crippen LogP contribution in [0, 0.1) is 0 Å². The summed E-state index contributed by atoms with van der Waals surface area (Å²) in [6, 6.07) is 17.0. The van der Waals surface area contributed by atoms with Crippen LogP contribution in [0.25, 0.3) is 10.4 Å². The quantitative estimate of drug-likeness (QED) is 0.709. The first-order valence-corrected chi connectivity index (χ1v) is 11.0. The largest absolute Gasteiger partial charge is 0.490 e. The molecule has 2 aromatic carbocycles. The lowest BCUT2D eigenvalue weighted by Gasteiger charge is -2.27. The summed E-state index contributed by atoms with van der Waals surface area (Å²) >= 11 is 1.68. The van der Waals surface area contributed by atoms with Crippen LogP contribution in [0.15, 0.2) is 64.9 Å². The third-order valence-electron chi connectivity index (χ3n) is 4.56. The molecule has 1 aliphatic rings. The van der Waals surface area contributed by atoms with Crippen molar-refractivity contribution in [2.45, 2.75) is 11.4 Å². The number of nitrogens with zero attached hydrogens (tertiary/aromatic N) is 1. The molecule has 27 heavy (non-hydrogen) atoms. The number of benzene rings is 2. The fourth-order valence-electron chi connectivity index (χ4n) is 3.00. The van der Waals surface area contributed by atoms with Crippen LogP contribution in [0.4, 0.5) is 5.69 Å². The van der Waals surface area contributed by atoms with Gasteiger partial charge in [-0.3, -0.25) is 0 Å². The van der Waals surface area contributed by atoms with E-state index in [2.05, 4.69) is 15.7 Å². The smallest absolute Gasteiger partial charge is 0.241 e. The van der Waals surface area contributed by atoms with E-state index in [0.717, 1.165) is 23.4 Å². The summed E-state index contributed by atoms with van der Waals surface area (Å²) in [5, 5.41) is 2.04. The number of ether oxygens (including phenoxy) is 1. The molecule has 0 saturated carbocycles. The standard InChI is InChI=1S/C20H20N2O3S2/c1-22-10-11-25-19-13-17(8-9-18(19)22)27(23,24)21-14-15-4-6-16(7-5-15)20-3-2-12-26-20/h2-9,12-13,21H,10-11,14H2,1H3. The van der Waals surface area contributed by atoms with Crippen molar-refractivity contribution in [2.24, 2.45) is 0 Å². The zero-order valence-corrected chi connectivity index (χ0v) is 16.5. The lowest BCUT2D eigenvalue weighted by Crippen LogP contribution is -2.29. The molecule has 1 N–H and O–H groups in total. The average molecular weight is 401 g/mol. The van der Waals surface area contributed by atoms with Crippen molar-refractivity contribution in [2.75, 3.05) is 25.1 Å². The number of hydrogen-bond acceptors (Lipinski definition) is 5. The minimum absolute atomic E-state index is 0.215. The van der Waals surface area contributed by atoms with Crippen molar-refractivity contribution in [3.63, 3.8) is 0 Å². The second-order valence-electron chi connectivity index (χ2n) is 6.40. The molecule has 5 nitrogen and oxygen atoms in total. The molecule has 0 bridgehead atoms. The molecule has 7 heteroatoms. The Morgan fingerprint density at radius 2 is 1.96 bits per heavy atom. The Morgan fingerprint density at radius 1 is 1.15 bits per heavy atom. The second kappa shape index (κ2) is 7.34. The van der Waals surface area contributed by atoms with Crippen molar-refractivity contribution in [1.82, 2.24) is 4.72 Å². The Kier molecular flexibility index (Phi) is 4.90. The highest BCUT2D eigenvalue weighted by atomic mass is 32.2. The molecule has 0 amide bonds. The van der Waals surface area contributed by atoms with E-state index < -0.39 is 10.0 Å². The summed E-state index contributed by atoms with van der Waals surface area (Å²) in [5.74, 6) is 0.604. The van der Waals surface area contributed by atoms with E-state index in [4.69, 9.17) is 4.74 Å². The predicted octanol–water partition coefficient (Wildman–Crippen LogP) is 3.72. The maximum atomic E-state index is 12.6. The average Bonchev–Trinajstić information content (AvgIpc) is 3.22. The number of nitrogens with one attached hydrogen (secondary N) is 1. The van der Waals surface area contributed by atoms with Gasteiger partial charge in [-0.2, -0.15) is 0 Å². The maximum absolute atomic E-state index is 12.6. The number of rotatable bonds is 5. The highest BCUT2D eigenvalue weighted by molar-refractivity contribution is 7.89. The first-order chi connectivity index (χ1) is 13.0. The van der Waals surface area contributed by atoms with Gasteiger partial charge in [-0.15, -0.1) is 11.3 Å². The Bertz CT molecular complexity index is 1030. The van der Waals surface area contributed by atoms with E-state index in [1.54, 1.807) is 29.5 Å². The first-order valence-electron chi connectivity index (χ1n) is 8.63. The molecule has 0 spiro atoms. The van der Waals surface area contributed by atoms with Crippen molar-refractivity contribution in [3.05, 3.63) is 65.5 Å². The van der Waals surface area contributed by atoms with Crippen molar-refractivity contribution < 1.29 is 13.2 Å². The van der Waals surface area contributed by atoms with Crippen LogP contribution < -0.4 is 14.4 Å². The van der Waals surface area contributed by atoms with Gasteiger partial charge >= 0.3 is 0 Å². The number of hydrogen-bond donors (Lipinski definition) is 1. The van der Waals surface area contributed by atoms with Gasteiger partial charge in [0.2, 0.25) is 10.0 Å². The summed E-state index contributed by atoms with van der Waals surface area (Å²) in [4.78, 5) is 3.46. The predicted molar refractivity (Wildman–Crippen MR) is 109 cm³/mol. The lowest BCUT2D eigenvalue weighted by atomic mass is 10.1. The molecule has 3 aromatic rings. The second-order valence-corrected chi connectivity index (χ2v) is 9.11. The molecule has 4 rings (SSSR count). The van der Waals surface area contributed by atoms with Crippen molar-refractivity contribution in [3.8, 4) is 16.2 Å². The molecule has 140 valence electrons. The topological polar surface area (TPSA) is 58.6 Å². The Balaban J connectivity index is 1.47. The van der Waals surface area contributed by atoms with Gasteiger partial charge in [0.15, 0.2) is 0 Å². The molecule has 0 atom stereocenters. The van der Waals surface area contributed by atoms with Crippen LogP contribution in [-0.4, -0.2) is 28.6 Å². The molecular weight excluding hydrogens is 380 g/mol. The van der Waals surface area contributed by atoms with E-state index in [0.29, 0.717) is 12.4 Å². The zero-order chi connectivity index (χ0) is 18.9. The normalized spacial score (nSPS) is 13.9. The monoisotopic (exact) mass is 400 g/mol. The number of sulfonamides is 1. The third kappa shape index (κ3) is 3.85. The number of likely N-dealkylation sites (N-methyl/N-ethyl adjacent to an activating group) is 1. The van der Waals surface area contributed by atoms with Crippen LogP contribution in [0.5, 0.6) is 5.75 Å². The molecule has 0 radical (unpaired) electrons. The minimum atomic E-state index is -3.61. The Labute approximate surface area is 163 Å². The van der Waals surface area contributed by atoms with Gasteiger partial charge in [0, 0.05) is 24.5 Å². The summed E-state index contributed by atoms with van der Waals surface area (Å²) in [5.41, 5.74) is 2.95. The number of fused-ring (bicyclic) bond motifs is 1. The van der Waals surface area contributed by atoms with Crippen LogP contribution in [0.1, 0.15) is 5.56 Å². The molecule has 0 aliphatic carbocycles. The zero-order valence-electron chi connectivity index (χ0n) is 14.9. The molecule has 0 saturated heterocycles. The van der Waals surface area contributed by atoms with E-state index in [1.165, 1.54) is 4.88 Å². The van der Waals surface area contributed by atoms with Crippen LogP contribution in [-0.2, 0) is 16.6 Å². The van der Waals surface area contributed by atoms with Crippen LogP contribution in [0.3, 0.4) is 0 Å². The van der Waals surface area contributed by atoms with E-state index in [-0.39, 0.29) is 11.4 Å². The van der Waals surface area contributed by atoms with Gasteiger partial charge in [0.05, 0.1) is 17.1 Å². The summed E-state index contributed by atoms with van der Waals surface area (Å²) < 4.78 is 33.6. The van der Waals surface area contributed by atoms with Crippen molar-refractivity contribution in [1.29, 1.82) is 0 Å². The fourth-order valence-corrected chi connectivity index (χ4v) is 4.76. The SMILES string of the molecule is CN1CCOc2cc(S(=O)(=O)NCc3ccc(-c4cccs4)cc3)ccc21. The van der Waals surface area contributed by atoms with Gasteiger partial charge in [0.1, 0.15) is 12.4 Å². The highest BCUT2D eigenvalue weighted by Crippen LogP contribution is 2.32. The van der Waals surface area contributed by atoms with Crippen LogP contribution >= 0.6 is 11.3 Å². The summed E-state index contributed by atoms with van der Waals surface area (Å²) in [6.45, 7) is 1.58. The van der Waals surface area contributed by atoms with E-state index in [9.17, 15) is 8.42 Å². The molecule has 0 fully saturated rings. The van der Waals surface area contributed by atoms with Crippen LogP contribution in [0.2, 0.25) is 0 Å². The number of thiophene rings is 1. The van der Waals surface area contributed by atoms with Gasteiger partial charge in [-0.05, 0) is 34.7 Å². The summed E-state index contributed by atoms with van der Waals surface area (Å²) in [7, 11) is -1.64. The van der Waals surface area contributed by atoms with E-state index >= 15 is 0 Å². The maximum Gasteiger partial charge on any atom is 0.241 e. The Morgan fingerprint density at radius 3 is 2.70 bits per heavy atom. The molecule has 1 aliphatic heterocycles. The van der Waals surface area contributed by atoms with Crippen molar-refractivity contribution >= 4 is 27.0 Å². The third-order valence-corrected chi connectivity index (χ3v) is 6.88. The van der Waals surface area contributed by atoms with Gasteiger partial charge in [-0.25, -0.2) is 13.1 Å². The lowest BCUT2D eigenvalue weighted by molar-refractivity contribution is 0.310. The fraction of sp³-hybridized carbons (Fsp3) is 0.200. The molecule has 1 aromatic heterocycles. The van der Waals surface area contributed by atoms with Gasteiger partial charge in [0.25, 0.3) is 0 Å². The van der Waals surface area contributed by atoms with Gasteiger partial charge < -0.3 is 9.64 Å². The van der Waals surface area contributed by atoms with E-state index in [1.807, 2.05) is 42.8 Å². The Hall–Kier alpha value is -2.35. The molecule has 2 heterocycles. The minimum Gasteiger partial charge on any atom is -0.490 e. The van der Waals surface area contributed by atoms with Gasteiger partial charge in [-0.1, -0.05) is 30.3 Å². The molecule has 0 unspecified atom stereocenters. The first kappa shape index (κ1) is 18.0. The molecular formula is C20H20N2O3S2.